The second-order valence-corrected chi connectivity index (χ2v) is 5.32. The van der Waals surface area contributed by atoms with E-state index in [9.17, 15) is 9.90 Å². The second kappa shape index (κ2) is 14.9. The molecule has 0 radical (unpaired) electrons. The van der Waals surface area contributed by atoms with Gasteiger partial charge in [-0.3, -0.25) is 0 Å². The van der Waals surface area contributed by atoms with Crippen molar-refractivity contribution in [1.29, 1.82) is 0 Å². The molecule has 0 saturated carbocycles. The molecule has 2 N–H and O–H groups in total. The van der Waals surface area contributed by atoms with E-state index in [2.05, 4.69) is 6.92 Å². The first-order valence-corrected chi connectivity index (χ1v) is 8.12. The molecule has 0 heterocycles. The van der Waals surface area contributed by atoms with Crippen molar-refractivity contribution >= 4 is 5.97 Å². The number of carboxylic acid groups (broad SMARTS) is 1. The van der Waals surface area contributed by atoms with Crippen LogP contribution < -0.4 is 0 Å². The van der Waals surface area contributed by atoms with E-state index in [-0.39, 0.29) is 0 Å². The number of aliphatic hydroxyl groups is 1. The van der Waals surface area contributed by atoms with Gasteiger partial charge in [0.05, 0.1) is 5.76 Å². The molecule has 0 aromatic carbocycles. The number of carboxylic acids is 1. The number of unbranched alkanes of at least 4 members (excludes halogenated alkanes) is 8. The van der Waals surface area contributed by atoms with Crippen molar-refractivity contribution in [2.75, 3.05) is 0 Å². The van der Waals surface area contributed by atoms with Crippen molar-refractivity contribution in [2.45, 2.75) is 71.1 Å². The van der Waals surface area contributed by atoms with Crippen LogP contribution in [0.2, 0.25) is 0 Å². The van der Waals surface area contributed by atoms with Crippen LogP contribution in [0.4, 0.5) is 0 Å². The van der Waals surface area contributed by atoms with Crippen LogP contribution in [0.25, 0.3) is 0 Å². The molecule has 120 valence electrons. The molecule has 3 heteroatoms. The van der Waals surface area contributed by atoms with Gasteiger partial charge in [0.25, 0.3) is 0 Å². The number of aliphatic carboxylic acids is 1. The van der Waals surface area contributed by atoms with Crippen molar-refractivity contribution in [3.8, 4) is 0 Å². The smallest absolute Gasteiger partial charge is 0.328 e. The number of rotatable bonds is 13. The summed E-state index contributed by atoms with van der Waals surface area (Å²) in [7, 11) is 0. The van der Waals surface area contributed by atoms with Crippen LogP contribution >= 0.6 is 0 Å². The number of hydrogen-bond donors (Lipinski definition) is 2. The lowest BCUT2D eigenvalue weighted by Gasteiger charge is -2.02. The third-order valence-corrected chi connectivity index (χ3v) is 3.29. The van der Waals surface area contributed by atoms with Gasteiger partial charge in [-0.1, -0.05) is 76.5 Å². The van der Waals surface area contributed by atoms with Gasteiger partial charge in [-0.05, 0) is 12.5 Å². The van der Waals surface area contributed by atoms with E-state index in [1.807, 2.05) is 0 Å². The molecule has 0 aliphatic carbocycles. The highest BCUT2D eigenvalue weighted by molar-refractivity contribution is 5.80. The van der Waals surface area contributed by atoms with Gasteiger partial charge in [-0.25, -0.2) is 4.79 Å². The van der Waals surface area contributed by atoms with E-state index in [4.69, 9.17) is 5.11 Å². The van der Waals surface area contributed by atoms with Gasteiger partial charge in [0, 0.05) is 12.5 Å². The van der Waals surface area contributed by atoms with Crippen molar-refractivity contribution in [3.63, 3.8) is 0 Å². The summed E-state index contributed by atoms with van der Waals surface area (Å²) < 4.78 is 0. The normalized spacial score (nSPS) is 12.5. The summed E-state index contributed by atoms with van der Waals surface area (Å²) in [6, 6.07) is 0. The minimum atomic E-state index is -0.970. The highest BCUT2D eigenvalue weighted by Crippen LogP contribution is 2.12. The predicted molar refractivity (Wildman–Crippen MR) is 88.5 cm³/mol. The van der Waals surface area contributed by atoms with E-state index in [0.717, 1.165) is 18.9 Å². The molecular formula is C18H30O3. The summed E-state index contributed by atoms with van der Waals surface area (Å²) in [5.41, 5.74) is 0. The zero-order valence-corrected chi connectivity index (χ0v) is 13.3. The summed E-state index contributed by atoms with van der Waals surface area (Å²) in [4.78, 5) is 10.2. The molecule has 0 bridgehead atoms. The second-order valence-electron chi connectivity index (χ2n) is 5.32. The zero-order valence-electron chi connectivity index (χ0n) is 13.3. The number of aliphatic hydroxyl groups excluding tert-OH is 1. The van der Waals surface area contributed by atoms with Gasteiger partial charge in [0.2, 0.25) is 0 Å². The molecule has 0 fully saturated rings. The molecule has 0 aromatic rings. The average Bonchev–Trinajstić information content (AvgIpc) is 2.45. The van der Waals surface area contributed by atoms with Gasteiger partial charge >= 0.3 is 5.97 Å². The Morgan fingerprint density at radius 2 is 1.38 bits per heavy atom. The van der Waals surface area contributed by atoms with Crippen molar-refractivity contribution in [1.82, 2.24) is 0 Å². The van der Waals surface area contributed by atoms with Crippen LogP contribution in [0.1, 0.15) is 71.1 Å². The lowest BCUT2D eigenvalue weighted by molar-refractivity contribution is -0.131. The van der Waals surface area contributed by atoms with Gasteiger partial charge in [-0.15, -0.1) is 0 Å². The lowest BCUT2D eigenvalue weighted by Crippen LogP contribution is -1.84. The SMILES string of the molecule is CCCCCCCCCCCC(O)=CC=CC=CC(=O)O. The molecule has 0 saturated heterocycles. The van der Waals surface area contributed by atoms with Gasteiger partial charge in [-0.2, -0.15) is 0 Å². The predicted octanol–water partition coefficient (Wildman–Crippen LogP) is 5.55. The third-order valence-electron chi connectivity index (χ3n) is 3.29. The fourth-order valence-corrected chi connectivity index (χ4v) is 2.07. The fourth-order valence-electron chi connectivity index (χ4n) is 2.07. The summed E-state index contributed by atoms with van der Waals surface area (Å²) in [6.07, 6.45) is 19.5. The minimum Gasteiger partial charge on any atom is -0.512 e. The van der Waals surface area contributed by atoms with E-state index in [0.29, 0.717) is 12.2 Å². The van der Waals surface area contributed by atoms with Crippen molar-refractivity contribution in [2.24, 2.45) is 0 Å². The molecule has 0 rings (SSSR count). The number of hydrogen-bond acceptors (Lipinski definition) is 2. The fraction of sp³-hybridized carbons (Fsp3) is 0.611. The first-order valence-electron chi connectivity index (χ1n) is 8.12. The van der Waals surface area contributed by atoms with Crippen LogP contribution in [-0.2, 0) is 4.79 Å². The molecule has 21 heavy (non-hydrogen) atoms. The highest BCUT2D eigenvalue weighted by Gasteiger charge is 1.94. The number of allylic oxidation sites excluding steroid dienone is 5. The van der Waals surface area contributed by atoms with Gasteiger partial charge < -0.3 is 10.2 Å². The van der Waals surface area contributed by atoms with E-state index < -0.39 is 5.97 Å². The molecule has 0 amide bonds. The van der Waals surface area contributed by atoms with Crippen molar-refractivity contribution in [3.05, 3.63) is 36.1 Å². The standard InChI is InChI=1S/C18H30O3/c1-2-3-4-5-6-7-8-9-11-14-17(19)15-12-10-13-16-18(20)21/h10,12-13,15-16,19H,2-9,11,14H2,1H3,(H,20,21). The minimum absolute atomic E-state index is 0.359. The van der Waals surface area contributed by atoms with Gasteiger partial charge in [0.1, 0.15) is 0 Å². The van der Waals surface area contributed by atoms with E-state index in [1.54, 1.807) is 18.2 Å². The maximum absolute atomic E-state index is 10.2. The zero-order chi connectivity index (χ0) is 15.8. The molecule has 3 nitrogen and oxygen atoms in total. The largest absolute Gasteiger partial charge is 0.512 e. The summed E-state index contributed by atoms with van der Waals surface area (Å²) in [6.45, 7) is 2.23. The Labute approximate surface area is 129 Å². The molecule has 0 spiro atoms. The Balaban J connectivity index is 3.48. The Morgan fingerprint density at radius 3 is 1.95 bits per heavy atom. The summed E-state index contributed by atoms with van der Waals surface area (Å²) in [5, 5.41) is 18.0. The molecule has 0 aromatic heterocycles. The van der Waals surface area contributed by atoms with Crippen LogP contribution in [0.5, 0.6) is 0 Å². The summed E-state index contributed by atoms with van der Waals surface area (Å²) >= 11 is 0. The van der Waals surface area contributed by atoms with Crippen LogP contribution in [-0.4, -0.2) is 16.2 Å². The number of carbonyl (C=O) groups is 1. The molecular weight excluding hydrogens is 264 g/mol. The Hall–Kier alpha value is -1.51. The Morgan fingerprint density at radius 1 is 0.810 bits per heavy atom. The molecule has 0 atom stereocenters. The quantitative estimate of drug-likeness (QED) is 0.203. The molecule has 0 unspecified atom stereocenters. The maximum atomic E-state index is 10.2. The summed E-state index contributed by atoms with van der Waals surface area (Å²) in [5.74, 6) is -0.611. The van der Waals surface area contributed by atoms with Crippen LogP contribution in [0.15, 0.2) is 36.1 Å². The molecule has 0 aliphatic heterocycles. The lowest BCUT2D eigenvalue weighted by atomic mass is 10.1. The van der Waals surface area contributed by atoms with Crippen molar-refractivity contribution < 1.29 is 15.0 Å². The van der Waals surface area contributed by atoms with Crippen LogP contribution in [0, 0.1) is 0 Å². The topological polar surface area (TPSA) is 57.5 Å². The third kappa shape index (κ3) is 16.4. The van der Waals surface area contributed by atoms with E-state index in [1.165, 1.54) is 51.0 Å². The Kier molecular flexibility index (Phi) is 13.8. The Bertz CT molecular complexity index is 340. The van der Waals surface area contributed by atoms with Crippen LogP contribution in [0.3, 0.4) is 0 Å². The maximum Gasteiger partial charge on any atom is 0.328 e. The molecule has 0 aliphatic rings. The van der Waals surface area contributed by atoms with Gasteiger partial charge in [0.15, 0.2) is 0 Å². The average molecular weight is 294 g/mol. The highest BCUT2D eigenvalue weighted by atomic mass is 16.4. The first-order chi connectivity index (χ1) is 10.2. The monoisotopic (exact) mass is 294 g/mol. The van der Waals surface area contributed by atoms with E-state index >= 15 is 0 Å². The first kappa shape index (κ1) is 19.5.